The van der Waals surface area contributed by atoms with Crippen molar-refractivity contribution in [3.05, 3.63) is 65.2 Å². The Morgan fingerprint density at radius 3 is 2.52 bits per heavy atom. The van der Waals surface area contributed by atoms with Crippen LogP contribution in [-0.2, 0) is 16.6 Å². The highest BCUT2D eigenvalue weighted by molar-refractivity contribution is 7.93. The quantitative estimate of drug-likeness (QED) is 0.507. The Hall–Kier alpha value is -3.26. The summed E-state index contributed by atoms with van der Waals surface area (Å²) in [4.78, 5) is 19.6. The molecule has 0 aliphatic carbocycles. The zero-order valence-corrected chi connectivity index (χ0v) is 16.8. The molecule has 0 radical (unpaired) electrons. The van der Waals surface area contributed by atoms with Gasteiger partial charge in [0.1, 0.15) is 10.6 Å². The molecule has 8 nitrogen and oxygen atoms in total. The standard InChI is InChI=1S/C17H12F4N4O4S2/c18-12-7-10(1-4-14(12)29-17(19,20)21)8-24-15(26)13-3-2-11(9-23-13)31(27,28)25-16-22-5-6-30-16/h1-7,9H,8H2,(H,22,25)(H,24,26). The summed E-state index contributed by atoms with van der Waals surface area (Å²) >= 11 is 1.09. The van der Waals surface area contributed by atoms with Gasteiger partial charge in [-0.15, -0.1) is 24.5 Å². The SMILES string of the molecule is O=C(NCc1ccc(OC(F)(F)F)c(F)c1)c1ccc(S(=O)(=O)Nc2nccs2)cn1. The summed E-state index contributed by atoms with van der Waals surface area (Å²) in [6, 6.07) is 5.07. The predicted molar refractivity (Wildman–Crippen MR) is 101 cm³/mol. The molecule has 0 saturated heterocycles. The number of nitrogens with one attached hydrogen (secondary N) is 2. The van der Waals surface area contributed by atoms with Crippen molar-refractivity contribution in [3.63, 3.8) is 0 Å². The van der Waals surface area contributed by atoms with Crippen LogP contribution in [0.2, 0.25) is 0 Å². The third-order valence-electron chi connectivity index (χ3n) is 3.61. The maximum atomic E-state index is 13.7. The molecule has 2 aromatic heterocycles. The third-order valence-corrected chi connectivity index (χ3v) is 5.75. The summed E-state index contributed by atoms with van der Waals surface area (Å²) < 4.78 is 80.4. The summed E-state index contributed by atoms with van der Waals surface area (Å²) in [6.45, 7) is -0.213. The van der Waals surface area contributed by atoms with Gasteiger partial charge in [0.2, 0.25) is 0 Å². The molecule has 1 amide bonds. The average molecular weight is 476 g/mol. The molecule has 0 fully saturated rings. The van der Waals surface area contributed by atoms with E-state index in [0.29, 0.717) is 0 Å². The van der Waals surface area contributed by atoms with E-state index in [2.05, 4.69) is 24.7 Å². The number of alkyl halides is 3. The number of nitrogens with zero attached hydrogens (tertiary/aromatic N) is 2. The second-order valence-corrected chi connectivity index (χ2v) is 8.39. The Bertz CT molecular complexity index is 1170. The number of hydrogen-bond acceptors (Lipinski definition) is 7. The maximum Gasteiger partial charge on any atom is 0.573 e. The number of hydrogen-bond donors (Lipinski definition) is 2. The number of anilines is 1. The van der Waals surface area contributed by atoms with Crippen molar-refractivity contribution in [2.24, 2.45) is 0 Å². The minimum atomic E-state index is -5.03. The largest absolute Gasteiger partial charge is 0.573 e. The molecule has 2 heterocycles. The van der Waals surface area contributed by atoms with Gasteiger partial charge >= 0.3 is 6.36 Å². The van der Waals surface area contributed by atoms with Crippen molar-refractivity contribution >= 4 is 32.4 Å². The normalized spacial score (nSPS) is 11.7. The van der Waals surface area contributed by atoms with E-state index < -0.39 is 33.9 Å². The van der Waals surface area contributed by atoms with Crippen LogP contribution in [0.25, 0.3) is 0 Å². The van der Waals surface area contributed by atoms with Crippen LogP contribution in [-0.4, -0.2) is 30.7 Å². The predicted octanol–water partition coefficient (Wildman–Crippen LogP) is 3.31. The number of amides is 1. The van der Waals surface area contributed by atoms with Gasteiger partial charge in [-0.2, -0.15) is 0 Å². The van der Waals surface area contributed by atoms with E-state index in [0.717, 1.165) is 35.7 Å². The summed E-state index contributed by atoms with van der Waals surface area (Å²) in [7, 11) is -3.93. The van der Waals surface area contributed by atoms with Crippen molar-refractivity contribution in [2.45, 2.75) is 17.8 Å². The number of rotatable bonds is 7. The lowest BCUT2D eigenvalue weighted by atomic mass is 10.2. The van der Waals surface area contributed by atoms with Crippen LogP contribution in [0.5, 0.6) is 5.75 Å². The lowest BCUT2D eigenvalue weighted by molar-refractivity contribution is -0.275. The van der Waals surface area contributed by atoms with Gasteiger partial charge in [-0.1, -0.05) is 6.07 Å². The van der Waals surface area contributed by atoms with Crippen molar-refractivity contribution in [2.75, 3.05) is 4.72 Å². The van der Waals surface area contributed by atoms with Gasteiger partial charge < -0.3 is 10.1 Å². The molecule has 3 rings (SSSR count). The molecule has 0 spiro atoms. The van der Waals surface area contributed by atoms with Crippen molar-refractivity contribution in [3.8, 4) is 5.75 Å². The molecule has 0 unspecified atom stereocenters. The van der Waals surface area contributed by atoms with E-state index in [1.165, 1.54) is 18.3 Å². The average Bonchev–Trinajstić information content (AvgIpc) is 3.19. The first kappa shape index (κ1) is 22.4. The first-order valence-electron chi connectivity index (χ1n) is 8.24. The summed E-state index contributed by atoms with van der Waals surface area (Å²) in [5, 5.41) is 4.16. The van der Waals surface area contributed by atoms with Gasteiger partial charge in [-0.3, -0.25) is 9.52 Å². The minimum Gasteiger partial charge on any atom is -0.403 e. The first-order chi connectivity index (χ1) is 14.5. The number of aromatic nitrogens is 2. The van der Waals surface area contributed by atoms with E-state index in [-0.39, 0.29) is 27.8 Å². The summed E-state index contributed by atoms with van der Waals surface area (Å²) in [5.41, 5.74) is 0.0536. The fraction of sp³-hybridized carbons (Fsp3) is 0.118. The molecule has 164 valence electrons. The van der Waals surface area contributed by atoms with Crippen LogP contribution < -0.4 is 14.8 Å². The molecule has 0 saturated carbocycles. The molecule has 3 aromatic rings. The van der Waals surface area contributed by atoms with Crippen LogP contribution in [0.4, 0.5) is 22.7 Å². The highest BCUT2D eigenvalue weighted by Gasteiger charge is 2.32. The van der Waals surface area contributed by atoms with Crippen molar-refractivity contribution in [1.29, 1.82) is 0 Å². The zero-order chi connectivity index (χ0) is 22.6. The van der Waals surface area contributed by atoms with E-state index in [9.17, 15) is 30.8 Å². The van der Waals surface area contributed by atoms with E-state index in [1.54, 1.807) is 5.38 Å². The Balaban J connectivity index is 1.61. The molecule has 31 heavy (non-hydrogen) atoms. The number of halogens is 4. The Morgan fingerprint density at radius 2 is 1.94 bits per heavy atom. The monoisotopic (exact) mass is 476 g/mol. The highest BCUT2D eigenvalue weighted by Crippen LogP contribution is 2.26. The molecule has 0 bridgehead atoms. The third kappa shape index (κ3) is 6.11. The number of ether oxygens (including phenoxy) is 1. The molecule has 0 aliphatic heterocycles. The lowest BCUT2D eigenvalue weighted by Crippen LogP contribution is -2.24. The second-order valence-electron chi connectivity index (χ2n) is 5.82. The topological polar surface area (TPSA) is 110 Å². The van der Waals surface area contributed by atoms with Gasteiger partial charge in [0.05, 0.1) is 0 Å². The van der Waals surface area contributed by atoms with Crippen LogP contribution in [0, 0.1) is 5.82 Å². The summed E-state index contributed by atoms with van der Waals surface area (Å²) in [6.07, 6.45) is -2.62. The van der Waals surface area contributed by atoms with E-state index in [1.807, 2.05) is 0 Å². The van der Waals surface area contributed by atoms with Gasteiger partial charge in [-0.05, 0) is 29.8 Å². The number of thiazole rings is 1. The number of carbonyl (C=O) groups excluding carboxylic acids is 1. The van der Waals surface area contributed by atoms with Crippen molar-refractivity contribution in [1.82, 2.24) is 15.3 Å². The van der Waals surface area contributed by atoms with Crippen LogP contribution in [0.3, 0.4) is 0 Å². The first-order valence-corrected chi connectivity index (χ1v) is 10.6. The Kier molecular flexibility index (Phi) is 6.40. The van der Waals surface area contributed by atoms with Crippen LogP contribution >= 0.6 is 11.3 Å². The fourth-order valence-corrected chi connectivity index (χ4v) is 3.99. The number of sulfonamides is 1. The van der Waals surface area contributed by atoms with Crippen LogP contribution in [0.1, 0.15) is 16.1 Å². The minimum absolute atomic E-state index is 0.120. The molecule has 0 aliphatic rings. The molecule has 0 atom stereocenters. The molecular formula is C17H12F4N4O4S2. The second kappa shape index (κ2) is 8.85. The summed E-state index contributed by atoms with van der Waals surface area (Å²) in [5.74, 6) is -2.94. The Morgan fingerprint density at radius 1 is 1.16 bits per heavy atom. The lowest BCUT2D eigenvalue weighted by Gasteiger charge is -2.11. The highest BCUT2D eigenvalue weighted by atomic mass is 32.2. The number of pyridine rings is 1. The number of benzene rings is 1. The fourth-order valence-electron chi connectivity index (χ4n) is 2.26. The van der Waals surface area contributed by atoms with Gasteiger partial charge in [0.15, 0.2) is 16.7 Å². The Labute approximate surface area is 177 Å². The molecule has 1 aromatic carbocycles. The van der Waals surface area contributed by atoms with Gasteiger partial charge in [0.25, 0.3) is 15.9 Å². The maximum absolute atomic E-state index is 13.7. The van der Waals surface area contributed by atoms with E-state index in [4.69, 9.17) is 0 Å². The molecule has 14 heteroatoms. The zero-order valence-electron chi connectivity index (χ0n) is 15.2. The number of carbonyl (C=O) groups is 1. The smallest absolute Gasteiger partial charge is 0.403 e. The van der Waals surface area contributed by atoms with Crippen LogP contribution in [0.15, 0.2) is 53.0 Å². The van der Waals surface area contributed by atoms with Crippen molar-refractivity contribution < 1.29 is 35.5 Å². The van der Waals surface area contributed by atoms with Gasteiger partial charge in [-0.25, -0.2) is 22.8 Å². The molecular weight excluding hydrogens is 464 g/mol. The van der Waals surface area contributed by atoms with E-state index >= 15 is 0 Å². The molecule has 2 N–H and O–H groups in total. The van der Waals surface area contributed by atoms with Gasteiger partial charge in [0, 0.05) is 24.3 Å².